The molecule has 43 heavy (non-hydrogen) atoms. The van der Waals surface area contributed by atoms with Gasteiger partial charge in [-0.05, 0) is 57.5 Å². The number of aliphatic hydroxyl groups is 3. The molecule has 0 saturated carbocycles. The van der Waals surface area contributed by atoms with Crippen LogP contribution in [-0.2, 0) is 29.0 Å². The predicted molar refractivity (Wildman–Crippen MR) is 155 cm³/mol. The molecule has 0 fully saturated rings. The molecule has 0 spiro atoms. The van der Waals surface area contributed by atoms with E-state index >= 15 is 4.39 Å². The van der Waals surface area contributed by atoms with Crippen LogP contribution in [0.1, 0.15) is 40.4 Å². The molecule has 1 amide bonds. The first-order chi connectivity index (χ1) is 20.3. The number of phenols is 1. The van der Waals surface area contributed by atoms with Crippen molar-refractivity contribution in [2.75, 3.05) is 27.2 Å². The monoisotopic (exact) mass is 593 g/mol. The maximum atomic E-state index is 16.1. The van der Waals surface area contributed by atoms with Crippen LogP contribution in [0.5, 0.6) is 5.75 Å². The van der Waals surface area contributed by atoms with Crippen LogP contribution < -0.4 is 5.73 Å². The Kier molecular flexibility index (Phi) is 7.93. The highest BCUT2D eigenvalue weighted by molar-refractivity contribution is 6.24. The number of carbonyl (C=O) groups excluding carboxylic acids is 3. The van der Waals surface area contributed by atoms with Gasteiger partial charge in [0.05, 0.1) is 11.6 Å². The number of nitrogens with two attached hydrogens (primary N) is 1. The summed E-state index contributed by atoms with van der Waals surface area (Å²) in [5.41, 5.74) is 2.43. The van der Waals surface area contributed by atoms with Gasteiger partial charge >= 0.3 is 0 Å². The Morgan fingerprint density at radius 1 is 1.14 bits per heavy atom. The van der Waals surface area contributed by atoms with E-state index in [1.165, 1.54) is 11.0 Å². The van der Waals surface area contributed by atoms with E-state index < -0.39 is 69.6 Å². The smallest absolute Gasteiger partial charge is 0.255 e. The molecule has 0 unspecified atom stereocenters. The zero-order valence-electron chi connectivity index (χ0n) is 24.3. The van der Waals surface area contributed by atoms with Gasteiger partial charge in [-0.15, -0.1) is 0 Å². The van der Waals surface area contributed by atoms with Crippen LogP contribution in [0.4, 0.5) is 4.39 Å². The number of likely N-dealkylation sites (N-methyl/N-ethyl adjacent to an activating group) is 2. The Bertz CT molecular complexity index is 1570. The van der Waals surface area contributed by atoms with Crippen LogP contribution in [0.3, 0.4) is 0 Å². The summed E-state index contributed by atoms with van der Waals surface area (Å²) < 4.78 is 16.1. The van der Waals surface area contributed by atoms with E-state index in [1.807, 2.05) is 42.2 Å². The van der Waals surface area contributed by atoms with Gasteiger partial charge in [0.15, 0.2) is 11.4 Å². The average Bonchev–Trinajstić information content (AvgIpc) is 2.95. The number of halogens is 1. The highest BCUT2D eigenvalue weighted by atomic mass is 19.1. The Balaban J connectivity index is 1.53. The van der Waals surface area contributed by atoms with E-state index in [9.17, 15) is 34.8 Å². The Morgan fingerprint density at radius 2 is 1.81 bits per heavy atom. The van der Waals surface area contributed by atoms with Crippen molar-refractivity contribution in [2.45, 2.75) is 44.4 Å². The van der Waals surface area contributed by atoms with Gasteiger partial charge in [0, 0.05) is 35.7 Å². The van der Waals surface area contributed by atoms with Crippen molar-refractivity contribution in [1.82, 2.24) is 9.80 Å². The predicted octanol–water partition coefficient (Wildman–Crippen LogP) is 2.32. The first kappa shape index (κ1) is 30.4. The van der Waals surface area contributed by atoms with Gasteiger partial charge in [0.1, 0.15) is 28.7 Å². The maximum absolute atomic E-state index is 16.1. The first-order valence-corrected chi connectivity index (χ1v) is 14.3. The topological polar surface area (TPSA) is 165 Å². The lowest BCUT2D eigenvalue weighted by molar-refractivity contribution is -0.148. The molecule has 0 bridgehead atoms. The molecule has 4 atom stereocenters. The lowest BCUT2D eigenvalue weighted by atomic mass is 9.58. The third-order valence-corrected chi connectivity index (χ3v) is 9.13. The number of fused-ring (bicyclic) bond motifs is 3. The van der Waals surface area contributed by atoms with Crippen molar-refractivity contribution in [3.05, 3.63) is 87.1 Å². The number of benzene rings is 2. The van der Waals surface area contributed by atoms with Crippen molar-refractivity contribution in [1.29, 1.82) is 0 Å². The number of hydrogen-bond acceptors (Lipinski definition) is 9. The molecule has 0 aliphatic heterocycles. The number of allylic oxidation sites excluding steroid dienone is 1. The van der Waals surface area contributed by atoms with Crippen LogP contribution in [0.15, 0.2) is 59.1 Å². The van der Waals surface area contributed by atoms with E-state index in [0.29, 0.717) is 13.1 Å². The fourth-order valence-electron chi connectivity index (χ4n) is 6.99. The normalized spacial score (nSPS) is 25.2. The number of rotatable bonds is 8. The second kappa shape index (κ2) is 11.2. The molecular formula is C32H36FN3O7. The summed E-state index contributed by atoms with van der Waals surface area (Å²) in [6, 6.07) is 9.96. The van der Waals surface area contributed by atoms with Crippen LogP contribution in [0.25, 0.3) is 0 Å². The molecule has 0 radical (unpaired) electrons. The van der Waals surface area contributed by atoms with Crippen LogP contribution in [-0.4, -0.2) is 86.5 Å². The number of hydrogen-bond donors (Lipinski definition) is 5. The number of aromatic hydroxyl groups is 1. The van der Waals surface area contributed by atoms with Gasteiger partial charge in [0.25, 0.3) is 5.91 Å². The molecule has 0 heterocycles. The summed E-state index contributed by atoms with van der Waals surface area (Å²) in [5, 5.41) is 44.9. The van der Waals surface area contributed by atoms with Gasteiger partial charge in [-0.2, -0.15) is 0 Å². The summed E-state index contributed by atoms with van der Waals surface area (Å²) >= 11 is 0. The molecule has 228 valence electrons. The maximum Gasteiger partial charge on any atom is 0.255 e. The molecule has 0 saturated heterocycles. The van der Waals surface area contributed by atoms with Crippen molar-refractivity contribution in [3.8, 4) is 5.75 Å². The summed E-state index contributed by atoms with van der Waals surface area (Å²) in [4.78, 5) is 42.7. The largest absolute Gasteiger partial charge is 0.510 e. The molecule has 3 aliphatic rings. The first-order valence-electron chi connectivity index (χ1n) is 14.3. The second-order valence-electron chi connectivity index (χ2n) is 11.8. The van der Waals surface area contributed by atoms with Crippen molar-refractivity contribution < 1.29 is 39.2 Å². The molecular weight excluding hydrogens is 557 g/mol. The van der Waals surface area contributed by atoms with E-state index in [0.717, 1.165) is 12.0 Å². The number of phenolic OH excluding ortho intramolecular Hbond substituents is 1. The molecule has 10 nitrogen and oxygen atoms in total. The minimum absolute atomic E-state index is 0.00719. The second-order valence-corrected chi connectivity index (χ2v) is 11.8. The zero-order valence-corrected chi connectivity index (χ0v) is 24.3. The minimum atomic E-state index is -2.74. The molecule has 11 heteroatoms. The van der Waals surface area contributed by atoms with Gasteiger partial charge in [-0.25, -0.2) is 4.39 Å². The molecule has 6 N–H and O–H groups in total. The van der Waals surface area contributed by atoms with Crippen LogP contribution in [0.2, 0.25) is 0 Å². The number of carbonyl (C=O) groups is 3. The fraction of sp³-hybridized carbons (Fsp3) is 0.406. The Labute approximate surface area is 248 Å². The lowest BCUT2D eigenvalue weighted by Gasteiger charge is -2.50. The van der Waals surface area contributed by atoms with Crippen molar-refractivity contribution in [2.24, 2.45) is 17.6 Å². The van der Waals surface area contributed by atoms with E-state index in [-0.39, 0.29) is 41.6 Å². The molecule has 0 aromatic heterocycles. The summed E-state index contributed by atoms with van der Waals surface area (Å²) in [7, 11) is 3.10. The van der Waals surface area contributed by atoms with E-state index in [4.69, 9.17) is 5.73 Å². The molecule has 5 rings (SSSR count). The zero-order chi connectivity index (χ0) is 31.4. The highest BCUT2D eigenvalue weighted by Crippen LogP contribution is 2.52. The number of primary amides is 1. The lowest BCUT2D eigenvalue weighted by Crippen LogP contribution is -2.63. The number of aliphatic hydroxyl groups excluding tert-OH is 2. The Hall–Kier alpha value is -4.06. The third-order valence-electron chi connectivity index (χ3n) is 9.13. The van der Waals surface area contributed by atoms with Crippen molar-refractivity contribution in [3.63, 3.8) is 0 Å². The number of amides is 1. The van der Waals surface area contributed by atoms with Gasteiger partial charge < -0.3 is 26.2 Å². The minimum Gasteiger partial charge on any atom is -0.510 e. The van der Waals surface area contributed by atoms with E-state index in [2.05, 4.69) is 0 Å². The quantitative estimate of drug-likeness (QED) is 0.289. The summed E-state index contributed by atoms with van der Waals surface area (Å²) in [6.07, 6.45) is 0.544. The number of Topliss-reactive ketones (excluding diaryl/α,β-unsaturated/α-hetero) is 2. The Morgan fingerprint density at radius 3 is 2.42 bits per heavy atom. The van der Waals surface area contributed by atoms with Gasteiger partial charge in [-0.1, -0.05) is 37.3 Å². The summed E-state index contributed by atoms with van der Waals surface area (Å²) in [6.45, 7) is 3.41. The van der Waals surface area contributed by atoms with Crippen LogP contribution in [0, 0.1) is 17.7 Å². The standard InChI is InChI=1S/C32H36FN3O7/c1-4-36(11-10-16-8-6-5-7-9-16)15-18-14-21(37)23-19(25(18)33)12-17-13-20-26(35(2)3)28(39)24(31(34)42)30(41)32(20,43)29(40)22(17)27(23)38/h5-9,14,17,20,26,37,39-40,43H,4,10-13,15H2,1-3H3,(H2,34,42)/t17-,20-,26-,32-/m0/s1. The fourth-order valence-corrected chi connectivity index (χ4v) is 6.99. The van der Waals surface area contributed by atoms with Crippen LogP contribution >= 0.6 is 0 Å². The molecule has 2 aromatic rings. The highest BCUT2D eigenvalue weighted by Gasteiger charge is 2.63. The van der Waals surface area contributed by atoms with Gasteiger partial charge in [-0.3, -0.25) is 24.2 Å². The molecule has 2 aromatic carbocycles. The average molecular weight is 594 g/mol. The van der Waals surface area contributed by atoms with E-state index in [1.54, 1.807) is 14.1 Å². The number of ketones is 2. The van der Waals surface area contributed by atoms with Gasteiger partial charge in [0.2, 0.25) is 5.78 Å². The summed E-state index contributed by atoms with van der Waals surface area (Å²) in [5.74, 6) is -8.28. The van der Waals surface area contributed by atoms with Crippen molar-refractivity contribution >= 4 is 17.5 Å². The number of nitrogens with zero attached hydrogens (tertiary/aromatic N) is 2. The third kappa shape index (κ3) is 4.81. The molecule has 3 aliphatic carbocycles. The SMILES string of the molecule is CCN(CCc1ccccc1)Cc1cc(O)c2c(c1F)C[C@H]1C[C@H]3[C@H](N(C)C)C(O)=C(C(N)=O)C(=O)[C@@]3(O)C(O)=C1C2=O.